The molecule has 0 spiro atoms. The molecule has 2 amide bonds. The van der Waals surface area contributed by atoms with Crippen LogP contribution in [0.15, 0.2) is 67.1 Å². The van der Waals surface area contributed by atoms with Gasteiger partial charge in [-0.1, -0.05) is 18.2 Å². The fourth-order valence-corrected chi connectivity index (χ4v) is 4.35. The number of hydrogen-bond donors (Lipinski definition) is 0. The largest absolute Gasteiger partial charge is 0.368 e. The fourth-order valence-electron chi connectivity index (χ4n) is 4.35. The van der Waals surface area contributed by atoms with E-state index in [9.17, 15) is 9.59 Å². The van der Waals surface area contributed by atoms with Gasteiger partial charge in [0.2, 0.25) is 5.91 Å². The van der Waals surface area contributed by atoms with Crippen LogP contribution in [-0.2, 0) is 14.3 Å². The van der Waals surface area contributed by atoms with Crippen molar-refractivity contribution in [3.8, 4) is 16.9 Å². The molecule has 2 fully saturated rings. The average Bonchev–Trinajstić information content (AvgIpc) is 3.59. The second kappa shape index (κ2) is 10.0. The third kappa shape index (κ3) is 4.77. The Morgan fingerprint density at radius 1 is 0.971 bits per heavy atom. The first kappa shape index (κ1) is 22.0. The number of rotatable bonds is 5. The molecular formula is C26H27N5O3. The summed E-state index contributed by atoms with van der Waals surface area (Å²) in [6, 6.07) is 13.7. The molecule has 2 aliphatic rings. The van der Waals surface area contributed by atoms with E-state index in [2.05, 4.69) is 4.98 Å². The van der Waals surface area contributed by atoms with Crippen molar-refractivity contribution in [2.75, 3.05) is 32.8 Å². The van der Waals surface area contributed by atoms with Crippen molar-refractivity contribution in [3.63, 3.8) is 0 Å². The van der Waals surface area contributed by atoms with Crippen LogP contribution in [-0.4, -0.2) is 75.3 Å². The first-order chi connectivity index (χ1) is 16.7. The highest BCUT2D eigenvalue weighted by molar-refractivity contribution is 5.93. The highest BCUT2D eigenvalue weighted by atomic mass is 16.5. The van der Waals surface area contributed by atoms with Gasteiger partial charge >= 0.3 is 0 Å². The second-order valence-electron chi connectivity index (χ2n) is 8.43. The Labute approximate surface area is 198 Å². The second-order valence-corrected chi connectivity index (χ2v) is 8.43. The lowest BCUT2D eigenvalue weighted by Gasteiger charge is -2.35. The van der Waals surface area contributed by atoms with Crippen LogP contribution in [0.3, 0.4) is 0 Å². The van der Waals surface area contributed by atoms with Gasteiger partial charge in [0.1, 0.15) is 11.8 Å². The van der Waals surface area contributed by atoms with Crippen molar-refractivity contribution >= 4 is 17.9 Å². The molecule has 0 bridgehead atoms. The van der Waals surface area contributed by atoms with Gasteiger partial charge in [-0.2, -0.15) is 5.10 Å². The van der Waals surface area contributed by atoms with Crippen molar-refractivity contribution in [2.45, 2.75) is 18.9 Å². The molecule has 2 aromatic heterocycles. The van der Waals surface area contributed by atoms with Crippen LogP contribution in [0, 0.1) is 0 Å². The van der Waals surface area contributed by atoms with E-state index >= 15 is 0 Å². The van der Waals surface area contributed by atoms with Crippen molar-refractivity contribution in [3.05, 3.63) is 72.7 Å². The summed E-state index contributed by atoms with van der Waals surface area (Å²) in [7, 11) is 0. The van der Waals surface area contributed by atoms with Crippen molar-refractivity contribution < 1.29 is 14.3 Å². The van der Waals surface area contributed by atoms with Crippen LogP contribution in [0.2, 0.25) is 0 Å². The molecule has 2 saturated heterocycles. The van der Waals surface area contributed by atoms with E-state index in [4.69, 9.17) is 9.84 Å². The minimum atomic E-state index is -0.310. The number of piperazine rings is 1. The van der Waals surface area contributed by atoms with Gasteiger partial charge in [-0.25, -0.2) is 4.68 Å². The Balaban J connectivity index is 1.29. The molecule has 2 aliphatic heterocycles. The molecule has 1 atom stereocenters. The summed E-state index contributed by atoms with van der Waals surface area (Å²) in [6.45, 7) is 2.76. The molecule has 1 aromatic carbocycles. The number of ether oxygens (including phenoxy) is 1. The zero-order valence-corrected chi connectivity index (χ0v) is 18.9. The maximum Gasteiger partial charge on any atom is 0.251 e. The van der Waals surface area contributed by atoms with E-state index in [0.717, 1.165) is 35.3 Å². The van der Waals surface area contributed by atoms with Crippen LogP contribution in [0.5, 0.6) is 0 Å². The first-order valence-corrected chi connectivity index (χ1v) is 11.6. The van der Waals surface area contributed by atoms with Gasteiger partial charge in [0, 0.05) is 68.6 Å². The van der Waals surface area contributed by atoms with E-state index in [-0.39, 0.29) is 17.9 Å². The van der Waals surface area contributed by atoms with Crippen LogP contribution in [0.1, 0.15) is 18.4 Å². The zero-order chi connectivity index (χ0) is 23.3. The molecule has 0 radical (unpaired) electrons. The summed E-state index contributed by atoms with van der Waals surface area (Å²) in [6.07, 6.45) is 10.2. The lowest BCUT2D eigenvalue weighted by atomic mass is 10.1. The monoisotopic (exact) mass is 457 g/mol. The molecule has 0 aliphatic carbocycles. The lowest BCUT2D eigenvalue weighted by molar-refractivity contribution is -0.144. The maximum absolute atomic E-state index is 12.9. The molecule has 8 heteroatoms. The average molecular weight is 458 g/mol. The molecule has 5 rings (SSSR count). The number of hydrogen-bond acceptors (Lipinski definition) is 5. The molecule has 34 heavy (non-hydrogen) atoms. The van der Waals surface area contributed by atoms with E-state index in [0.29, 0.717) is 32.8 Å². The summed E-state index contributed by atoms with van der Waals surface area (Å²) in [5.74, 6) is -0.0205. The maximum atomic E-state index is 12.9. The molecule has 8 nitrogen and oxygen atoms in total. The molecule has 3 aromatic rings. The Morgan fingerprint density at radius 3 is 2.41 bits per heavy atom. The van der Waals surface area contributed by atoms with Crippen molar-refractivity contribution in [1.82, 2.24) is 24.6 Å². The van der Waals surface area contributed by atoms with Gasteiger partial charge in [-0.15, -0.1) is 0 Å². The summed E-state index contributed by atoms with van der Waals surface area (Å²) in [5.41, 5.74) is 3.49. The first-order valence-electron chi connectivity index (χ1n) is 11.6. The zero-order valence-electron chi connectivity index (χ0n) is 18.9. The fraction of sp³-hybridized carbons (Fsp3) is 0.308. The van der Waals surface area contributed by atoms with Gasteiger partial charge in [-0.3, -0.25) is 14.6 Å². The number of benzene rings is 1. The predicted octanol–water partition coefficient (Wildman–Crippen LogP) is 2.80. The van der Waals surface area contributed by atoms with Gasteiger partial charge in [0.05, 0.1) is 5.69 Å². The minimum Gasteiger partial charge on any atom is -0.368 e. The quantitative estimate of drug-likeness (QED) is 0.551. The van der Waals surface area contributed by atoms with Gasteiger partial charge in [0.15, 0.2) is 0 Å². The van der Waals surface area contributed by atoms with Crippen LogP contribution < -0.4 is 0 Å². The number of carbonyl (C=O) groups is 2. The van der Waals surface area contributed by atoms with Crippen LogP contribution in [0.25, 0.3) is 23.0 Å². The third-order valence-electron chi connectivity index (χ3n) is 6.23. The van der Waals surface area contributed by atoms with Crippen LogP contribution >= 0.6 is 0 Å². The molecular weight excluding hydrogens is 430 g/mol. The standard InChI is InChI=1S/C26H27N5O3/c32-24(29-14-16-30(17-15-29)26(33)23-7-4-18-34-23)9-8-21-19-31(22-5-2-1-3-6-22)28-25(21)20-10-12-27-13-11-20/h1-3,5-6,8-13,19,23H,4,7,14-18H2/b9-8+. The summed E-state index contributed by atoms with van der Waals surface area (Å²) >= 11 is 0. The highest BCUT2D eigenvalue weighted by Crippen LogP contribution is 2.24. The Morgan fingerprint density at radius 2 is 1.71 bits per heavy atom. The topological polar surface area (TPSA) is 80.6 Å². The minimum absolute atomic E-state index is 0.0514. The van der Waals surface area contributed by atoms with Crippen molar-refractivity contribution in [1.29, 1.82) is 0 Å². The Bertz CT molecular complexity index is 1160. The SMILES string of the molecule is O=C(/C=C/c1cn(-c2ccccc2)nc1-c1ccncc1)N1CCN(C(=O)C2CCCO2)CC1. The van der Waals surface area contributed by atoms with Crippen LogP contribution in [0.4, 0.5) is 0 Å². The van der Waals surface area contributed by atoms with E-state index in [1.165, 1.54) is 0 Å². The number of pyridine rings is 1. The summed E-state index contributed by atoms with van der Waals surface area (Å²) < 4.78 is 7.33. The number of aromatic nitrogens is 3. The van der Waals surface area contributed by atoms with E-state index < -0.39 is 0 Å². The lowest BCUT2D eigenvalue weighted by Crippen LogP contribution is -2.52. The smallest absolute Gasteiger partial charge is 0.251 e. The molecule has 1 unspecified atom stereocenters. The highest BCUT2D eigenvalue weighted by Gasteiger charge is 2.31. The Hall–Kier alpha value is -3.78. The number of nitrogens with zero attached hydrogens (tertiary/aromatic N) is 5. The summed E-state index contributed by atoms with van der Waals surface area (Å²) in [5, 5.41) is 4.76. The molecule has 0 N–H and O–H groups in total. The number of carbonyl (C=O) groups excluding carboxylic acids is 2. The van der Waals surface area contributed by atoms with Crippen molar-refractivity contribution in [2.24, 2.45) is 0 Å². The Kier molecular flexibility index (Phi) is 6.49. The van der Waals surface area contributed by atoms with Gasteiger partial charge in [-0.05, 0) is 43.2 Å². The van der Waals surface area contributed by atoms with E-state index in [1.807, 2.05) is 64.3 Å². The van der Waals surface area contributed by atoms with Gasteiger partial charge < -0.3 is 14.5 Å². The molecule has 174 valence electrons. The predicted molar refractivity (Wildman–Crippen MR) is 128 cm³/mol. The normalized spacial score (nSPS) is 18.5. The molecule has 0 saturated carbocycles. The molecule has 4 heterocycles. The number of amides is 2. The van der Waals surface area contributed by atoms with Gasteiger partial charge in [0.25, 0.3) is 5.91 Å². The third-order valence-corrected chi connectivity index (χ3v) is 6.23. The van der Waals surface area contributed by atoms with E-state index in [1.54, 1.807) is 23.4 Å². The number of para-hydroxylation sites is 1. The summed E-state index contributed by atoms with van der Waals surface area (Å²) in [4.78, 5) is 33.1.